The molecule has 0 aliphatic rings. The summed E-state index contributed by atoms with van der Waals surface area (Å²) < 4.78 is 32.1. The number of carboxylic acids is 2. The summed E-state index contributed by atoms with van der Waals surface area (Å²) in [7, 11) is 3.16. The number of rotatable bonds is 18. The summed E-state index contributed by atoms with van der Waals surface area (Å²) in [5.41, 5.74) is 4.00. The van der Waals surface area contributed by atoms with E-state index in [4.69, 9.17) is 38.6 Å². The Bertz CT molecular complexity index is 2510. The Hall–Kier alpha value is -7.99. The number of aliphatic carboxylic acids is 2. The van der Waals surface area contributed by atoms with Crippen molar-refractivity contribution in [3.8, 4) is 23.0 Å². The Kier molecular flexibility index (Phi) is 18.3. The van der Waals surface area contributed by atoms with E-state index in [9.17, 15) is 19.2 Å². The lowest BCUT2D eigenvalue weighted by atomic mass is 10.1. The second-order valence-electron chi connectivity index (χ2n) is 12.9. The number of carbonyl (C=O) groups excluding carboxylic acids is 2. The van der Waals surface area contributed by atoms with Gasteiger partial charge >= 0.3 is 23.9 Å². The Morgan fingerprint density at radius 1 is 0.585 bits per heavy atom. The zero-order valence-electron chi connectivity index (χ0n) is 36.2. The van der Waals surface area contributed by atoms with Gasteiger partial charge in [-0.2, -0.15) is 0 Å². The molecule has 19 heteroatoms. The number of aromatic nitrogens is 4. The van der Waals surface area contributed by atoms with Crippen LogP contribution in [0.2, 0.25) is 0 Å². The number of hydrogen-bond acceptors (Lipinski definition) is 16. The largest absolute Gasteiger partial charge is 0.497 e. The predicted molar refractivity (Wildman–Crippen MR) is 246 cm³/mol. The molecule has 18 nitrogen and oxygen atoms in total. The van der Waals surface area contributed by atoms with Gasteiger partial charge in [-0.25, -0.2) is 39.1 Å². The number of benzene rings is 2. The molecule has 0 bridgehead atoms. The van der Waals surface area contributed by atoms with E-state index >= 15 is 0 Å². The molecule has 2 aromatic carbocycles. The van der Waals surface area contributed by atoms with Crippen molar-refractivity contribution in [2.24, 2.45) is 0 Å². The number of fused-ring (bicyclic) bond motifs is 2. The summed E-state index contributed by atoms with van der Waals surface area (Å²) in [6, 6.07) is 17.7. The molecule has 0 unspecified atom stereocenters. The molecule has 0 amide bonds. The van der Waals surface area contributed by atoms with Crippen molar-refractivity contribution in [1.29, 1.82) is 0 Å². The van der Waals surface area contributed by atoms with Gasteiger partial charge in [0.2, 0.25) is 0 Å². The van der Waals surface area contributed by atoms with E-state index in [2.05, 4.69) is 30.6 Å². The maximum Gasteiger partial charge on any atom is 0.341 e. The number of pyridine rings is 4. The maximum atomic E-state index is 12.6. The van der Waals surface area contributed by atoms with Crippen molar-refractivity contribution in [3.05, 3.63) is 108 Å². The van der Waals surface area contributed by atoms with Gasteiger partial charge in [-0.05, 0) is 101 Å². The summed E-state index contributed by atoms with van der Waals surface area (Å²) in [5, 5.41) is 25.4. The third kappa shape index (κ3) is 13.0. The first-order valence-electron chi connectivity index (χ1n) is 19.8. The first-order valence-corrected chi connectivity index (χ1v) is 19.8. The second-order valence-corrected chi connectivity index (χ2v) is 12.9. The highest BCUT2D eigenvalue weighted by molar-refractivity contribution is 6.07. The zero-order chi connectivity index (χ0) is 46.2. The molecular formula is C46H47ClN6O12. The van der Waals surface area contributed by atoms with Crippen LogP contribution in [-0.2, 0) is 19.1 Å². The molecule has 0 atom stereocenters. The molecule has 0 spiro atoms. The number of carboxylic acid groups (broad SMARTS) is 2. The number of nitrogens with one attached hydrogen (secondary N) is 2. The number of ether oxygens (including phenoxy) is 6. The van der Waals surface area contributed by atoms with Crippen molar-refractivity contribution in [3.63, 3.8) is 0 Å². The molecule has 4 N–H and O–H groups in total. The highest BCUT2D eigenvalue weighted by atomic mass is 35.5. The van der Waals surface area contributed by atoms with Crippen LogP contribution in [0, 0.1) is 0 Å². The van der Waals surface area contributed by atoms with E-state index < -0.39 is 23.9 Å². The molecule has 0 saturated carbocycles. The van der Waals surface area contributed by atoms with Gasteiger partial charge < -0.3 is 49.3 Å². The van der Waals surface area contributed by atoms with Crippen molar-refractivity contribution in [1.82, 2.24) is 19.9 Å². The number of esters is 2. The van der Waals surface area contributed by atoms with E-state index in [1.165, 1.54) is 24.5 Å². The standard InChI is InChI=1S/2C23H23N3O6.ClH/c2*1-4-31-19-12-16-21(25-14-6-8-15(30-3)9-7-14)17(23(29)32-5-2)13-24-22(16)26-18(19)10-11-20(27)28;/h2*6-13H,4-5H2,1-3H3,(H,27,28)(H,24,25,26);1H. The van der Waals surface area contributed by atoms with Crippen LogP contribution in [0.15, 0.2) is 85.2 Å². The van der Waals surface area contributed by atoms with E-state index in [0.29, 0.717) is 92.4 Å². The van der Waals surface area contributed by atoms with Gasteiger partial charge in [0.05, 0.1) is 52.0 Å². The van der Waals surface area contributed by atoms with Gasteiger partial charge in [0, 0.05) is 46.7 Å². The normalized spacial score (nSPS) is 10.7. The number of anilines is 4. The van der Waals surface area contributed by atoms with E-state index in [-0.39, 0.29) is 36.7 Å². The average Bonchev–Trinajstić information content (AvgIpc) is 3.29. The monoisotopic (exact) mass is 910 g/mol. The molecule has 0 aliphatic carbocycles. The third-order valence-corrected chi connectivity index (χ3v) is 8.78. The van der Waals surface area contributed by atoms with E-state index in [1.54, 1.807) is 103 Å². The Labute approximate surface area is 379 Å². The van der Waals surface area contributed by atoms with Crippen LogP contribution in [0.25, 0.3) is 34.2 Å². The van der Waals surface area contributed by atoms with Gasteiger partial charge in [-0.15, -0.1) is 12.4 Å². The van der Waals surface area contributed by atoms with E-state index in [0.717, 1.165) is 12.2 Å². The van der Waals surface area contributed by atoms with Gasteiger partial charge in [0.15, 0.2) is 11.3 Å². The summed E-state index contributed by atoms with van der Waals surface area (Å²) in [6.07, 6.45) is 7.38. The van der Waals surface area contributed by atoms with E-state index in [1.807, 2.05) is 0 Å². The van der Waals surface area contributed by atoms with Crippen molar-refractivity contribution >= 4 is 93.3 Å². The number of methoxy groups -OCH3 is 2. The highest BCUT2D eigenvalue weighted by Gasteiger charge is 2.22. The lowest BCUT2D eigenvalue weighted by molar-refractivity contribution is -0.132. The molecule has 4 heterocycles. The Morgan fingerprint density at radius 2 is 0.954 bits per heavy atom. The summed E-state index contributed by atoms with van der Waals surface area (Å²) >= 11 is 0. The topological polar surface area (TPSA) is 240 Å². The van der Waals surface area contributed by atoms with Crippen molar-refractivity contribution < 1.29 is 57.8 Å². The summed E-state index contributed by atoms with van der Waals surface area (Å²) in [5.74, 6) is -1.19. The first-order chi connectivity index (χ1) is 30.9. The van der Waals surface area contributed by atoms with Crippen molar-refractivity contribution in [2.45, 2.75) is 27.7 Å². The van der Waals surface area contributed by atoms with Crippen molar-refractivity contribution in [2.75, 3.05) is 51.3 Å². The van der Waals surface area contributed by atoms with Crippen LogP contribution >= 0.6 is 12.4 Å². The van der Waals surface area contributed by atoms with Crippen LogP contribution in [0.5, 0.6) is 23.0 Å². The minimum absolute atomic E-state index is 0. The zero-order valence-corrected chi connectivity index (χ0v) is 37.1. The molecule has 0 radical (unpaired) electrons. The molecule has 6 aromatic rings. The van der Waals surface area contributed by atoms with Crippen LogP contribution in [-0.4, -0.2) is 94.7 Å². The fourth-order valence-corrected chi connectivity index (χ4v) is 5.95. The Balaban J connectivity index is 0.000000280. The summed E-state index contributed by atoms with van der Waals surface area (Å²) in [4.78, 5) is 64.6. The van der Waals surface area contributed by atoms with Gasteiger partial charge in [0.25, 0.3) is 0 Å². The fourth-order valence-electron chi connectivity index (χ4n) is 5.95. The number of nitrogens with zero attached hydrogens (tertiary/aromatic N) is 4. The smallest absolute Gasteiger partial charge is 0.341 e. The lowest BCUT2D eigenvalue weighted by Gasteiger charge is -2.16. The minimum atomic E-state index is -1.11. The molecule has 0 aliphatic heterocycles. The lowest BCUT2D eigenvalue weighted by Crippen LogP contribution is -2.10. The number of hydrogen-bond donors (Lipinski definition) is 4. The number of halogens is 1. The minimum Gasteiger partial charge on any atom is -0.497 e. The SMILES string of the molecule is CCOC(=O)c1cnc2nc(C=CC(=O)O)c(OCC)cc2c1Nc1ccc(OC)cc1.CCOC(=O)c1cnc2nc(C=CC(=O)O)c(OCC)cc2c1Nc1ccc(OC)cc1.Cl. The van der Waals surface area contributed by atoms with Gasteiger partial charge in [0.1, 0.15) is 45.5 Å². The van der Waals surface area contributed by atoms with Gasteiger partial charge in [-0.3, -0.25) is 0 Å². The second kappa shape index (κ2) is 24.0. The fraction of sp³-hybridized carbons (Fsp3) is 0.217. The quantitative estimate of drug-likeness (QED) is 0.0466. The first kappa shape index (κ1) is 49.7. The molecule has 0 fully saturated rings. The molecule has 6 rings (SSSR count). The summed E-state index contributed by atoms with van der Waals surface area (Å²) in [6.45, 7) is 8.15. The molecule has 4 aromatic heterocycles. The molecule has 0 saturated heterocycles. The third-order valence-electron chi connectivity index (χ3n) is 8.78. The number of carbonyl (C=O) groups is 4. The average molecular weight is 911 g/mol. The van der Waals surface area contributed by atoms with Crippen LogP contribution in [0.4, 0.5) is 22.7 Å². The van der Waals surface area contributed by atoms with Crippen LogP contribution in [0.1, 0.15) is 59.8 Å². The predicted octanol–water partition coefficient (Wildman–Crippen LogP) is 8.53. The Morgan fingerprint density at radius 3 is 1.26 bits per heavy atom. The molecule has 340 valence electrons. The van der Waals surface area contributed by atoms with Crippen LogP contribution in [0.3, 0.4) is 0 Å². The van der Waals surface area contributed by atoms with Gasteiger partial charge in [-0.1, -0.05) is 0 Å². The highest BCUT2D eigenvalue weighted by Crippen LogP contribution is 2.35. The van der Waals surface area contributed by atoms with Crippen LogP contribution < -0.4 is 29.6 Å². The maximum absolute atomic E-state index is 12.6. The molecule has 65 heavy (non-hydrogen) atoms. The molecular weight excluding hydrogens is 864 g/mol.